The number of hydrogen-bond acceptors (Lipinski definition) is 5. The van der Waals surface area contributed by atoms with E-state index in [9.17, 15) is 4.79 Å². The molecule has 0 bridgehead atoms. The number of aryl methyl sites for hydroxylation is 1. The van der Waals surface area contributed by atoms with Crippen molar-refractivity contribution >= 4 is 33.8 Å². The lowest BCUT2D eigenvalue weighted by atomic mass is 10.1. The van der Waals surface area contributed by atoms with E-state index in [1.165, 1.54) is 0 Å². The van der Waals surface area contributed by atoms with E-state index < -0.39 is 5.97 Å². The first-order chi connectivity index (χ1) is 12.6. The second-order valence-corrected chi connectivity index (χ2v) is 7.41. The summed E-state index contributed by atoms with van der Waals surface area (Å²) in [7, 11) is 1.79. The fourth-order valence-electron chi connectivity index (χ4n) is 3.33. The van der Waals surface area contributed by atoms with E-state index in [0.29, 0.717) is 6.42 Å². The summed E-state index contributed by atoms with van der Waals surface area (Å²) in [5.41, 5.74) is 4.35. The van der Waals surface area contributed by atoms with Crippen LogP contribution in [-0.2, 0) is 11.2 Å². The van der Waals surface area contributed by atoms with Crippen molar-refractivity contribution < 1.29 is 9.90 Å². The maximum Gasteiger partial charge on any atom is 0.303 e. The molecule has 6 nitrogen and oxygen atoms in total. The van der Waals surface area contributed by atoms with Crippen molar-refractivity contribution in [1.29, 1.82) is 0 Å². The molecule has 3 heterocycles. The van der Waals surface area contributed by atoms with E-state index in [-0.39, 0.29) is 12.6 Å². The van der Waals surface area contributed by atoms with Gasteiger partial charge in [-0.1, -0.05) is 24.3 Å². The summed E-state index contributed by atoms with van der Waals surface area (Å²) >= 11 is 1.73. The van der Waals surface area contributed by atoms with Gasteiger partial charge in [0, 0.05) is 30.2 Å². The van der Waals surface area contributed by atoms with Gasteiger partial charge in [-0.2, -0.15) is 0 Å². The van der Waals surface area contributed by atoms with Crippen LogP contribution in [0.25, 0.3) is 10.4 Å². The van der Waals surface area contributed by atoms with E-state index in [2.05, 4.69) is 45.6 Å². The molecule has 0 radical (unpaired) electrons. The Morgan fingerprint density at radius 2 is 2.23 bits per heavy atom. The number of benzene rings is 1. The summed E-state index contributed by atoms with van der Waals surface area (Å²) in [6.45, 7) is 2.08. The number of thiophene rings is 1. The van der Waals surface area contributed by atoms with Crippen LogP contribution in [-0.4, -0.2) is 30.1 Å². The number of carboxylic acid groups (broad SMARTS) is 1. The van der Waals surface area contributed by atoms with Crippen LogP contribution in [0.5, 0.6) is 0 Å². The van der Waals surface area contributed by atoms with Crippen LogP contribution in [0, 0.1) is 0 Å². The molecule has 2 aromatic rings. The Morgan fingerprint density at radius 1 is 1.38 bits per heavy atom. The summed E-state index contributed by atoms with van der Waals surface area (Å²) in [6, 6.07) is 10.3. The van der Waals surface area contributed by atoms with Gasteiger partial charge in [0.05, 0.1) is 5.69 Å². The van der Waals surface area contributed by atoms with E-state index in [0.717, 1.165) is 38.2 Å². The molecule has 134 valence electrons. The largest absolute Gasteiger partial charge is 0.481 e. The lowest BCUT2D eigenvalue weighted by molar-refractivity contribution is -0.136. The van der Waals surface area contributed by atoms with Gasteiger partial charge in [0.1, 0.15) is 10.8 Å². The predicted octanol–water partition coefficient (Wildman–Crippen LogP) is 3.48. The molecule has 2 aliphatic heterocycles. The normalized spacial score (nSPS) is 19.5. The van der Waals surface area contributed by atoms with Crippen molar-refractivity contribution in [2.75, 3.05) is 17.3 Å². The van der Waals surface area contributed by atoms with Crippen molar-refractivity contribution in [1.82, 2.24) is 5.32 Å². The Kier molecular flexibility index (Phi) is 4.16. The number of aliphatic imine (C=N–C) groups is 1. The lowest BCUT2D eigenvalue weighted by Crippen LogP contribution is -2.49. The lowest BCUT2D eigenvalue weighted by Gasteiger charge is -2.33. The third-order valence-electron chi connectivity index (χ3n) is 4.62. The first-order valence-corrected chi connectivity index (χ1v) is 9.29. The van der Waals surface area contributed by atoms with E-state index in [4.69, 9.17) is 5.11 Å². The number of nitrogens with zero attached hydrogens (tertiary/aromatic N) is 2. The fourth-order valence-corrected chi connectivity index (χ4v) is 4.53. The van der Waals surface area contributed by atoms with Gasteiger partial charge in [-0.25, -0.2) is 0 Å². The number of anilines is 2. The zero-order valence-corrected chi connectivity index (χ0v) is 15.4. The molecule has 0 saturated heterocycles. The molecule has 1 unspecified atom stereocenters. The highest BCUT2D eigenvalue weighted by molar-refractivity contribution is 7.20. The minimum atomic E-state index is -0.771. The molecule has 0 aliphatic carbocycles. The highest BCUT2D eigenvalue weighted by Crippen LogP contribution is 2.46. The van der Waals surface area contributed by atoms with Crippen LogP contribution < -0.4 is 15.5 Å². The monoisotopic (exact) mass is 368 g/mol. The average molecular weight is 368 g/mol. The van der Waals surface area contributed by atoms with Gasteiger partial charge in [0.15, 0.2) is 6.17 Å². The average Bonchev–Trinajstić information content (AvgIpc) is 3.23. The minimum absolute atomic E-state index is 0.0147. The van der Waals surface area contributed by atoms with Gasteiger partial charge in [-0.3, -0.25) is 9.79 Å². The Hall–Kier alpha value is -2.80. The zero-order chi connectivity index (χ0) is 18.3. The summed E-state index contributed by atoms with van der Waals surface area (Å²) in [5.74, 6) is 0.123. The summed E-state index contributed by atoms with van der Waals surface area (Å²) in [6.07, 6.45) is 2.71. The number of allylic oxidation sites excluding steroid dienone is 1. The fraction of sp³-hybridized carbons (Fsp3) is 0.263. The second-order valence-electron chi connectivity index (χ2n) is 6.38. The van der Waals surface area contributed by atoms with Crippen molar-refractivity contribution in [3.8, 4) is 10.4 Å². The van der Waals surface area contributed by atoms with Crippen LogP contribution in [0.15, 0.2) is 47.2 Å². The van der Waals surface area contributed by atoms with E-state index >= 15 is 0 Å². The molecule has 7 heteroatoms. The maximum absolute atomic E-state index is 10.8. The number of carbonyl (C=O) groups is 1. The van der Waals surface area contributed by atoms with Crippen LogP contribution >= 0.6 is 11.3 Å². The zero-order valence-electron chi connectivity index (χ0n) is 14.6. The molecule has 2 aliphatic rings. The van der Waals surface area contributed by atoms with Gasteiger partial charge >= 0.3 is 5.97 Å². The van der Waals surface area contributed by atoms with E-state index in [1.54, 1.807) is 18.4 Å². The number of nitrogens with one attached hydrogen (secondary N) is 2. The Balaban J connectivity index is 1.69. The quantitative estimate of drug-likeness (QED) is 0.770. The molecule has 3 N–H and O–H groups in total. The van der Waals surface area contributed by atoms with Gasteiger partial charge in [-0.05, 0) is 30.5 Å². The highest BCUT2D eigenvalue weighted by Gasteiger charge is 2.36. The molecule has 0 amide bonds. The number of fused-ring (bicyclic) bond motifs is 3. The van der Waals surface area contributed by atoms with Crippen molar-refractivity contribution in [2.45, 2.75) is 25.9 Å². The van der Waals surface area contributed by atoms with E-state index in [1.807, 2.05) is 18.3 Å². The highest BCUT2D eigenvalue weighted by atomic mass is 32.1. The molecular weight excluding hydrogens is 348 g/mol. The summed E-state index contributed by atoms with van der Waals surface area (Å²) < 4.78 is 0. The van der Waals surface area contributed by atoms with Crippen LogP contribution in [0.4, 0.5) is 10.7 Å². The summed E-state index contributed by atoms with van der Waals surface area (Å²) in [4.78, 5) is 18.6. The SMILES string of the molecule is CN=C1Nc2cc(-c3cccc(CCC(=O)O)c3)sc2N2C(C)=CNC12. The van der Waals surface area contributed by atoms with Crippen LogP contribution in [0.1, 0.15) is 18.9 Å². The molecule has 0 spiro atoms. The van der Waals surface area contributed by atoms with Gasteiger partial charge in [0.2, 0.25) is 0 Å². The topological polar surface area (TPSA) is 77.0 Å². The maximum atomic E-state index is 10.8. The Labute approximate surface area is 155 Å². The minimum Gasteiger partial charge on any atom is -0.481 e. The number of aliphatic carboxylic acids is 1. The van der Waals surface area contributed by atoms with Crippen molar-refractivity contribution in [3.63, 3.8) is 0 Å². The van der Waals surface area contributed by atoms with Crippen molar-refractivity contribution in [3.05, 3.63) is 47.8 Å². The number of rotatable bonds is 4. The molecule has 4 rings (SSSR count). The number of amidine groups is 1. The van der Waals surface area contributed by atoms with Crippen LogP contribution in [0.2, 0.25) is 0 Å². The molecule has 1 atom stereocenters. The third-order valence-corrected chi connectivity index (χ3v) is 5.80. The number of hydrogen-bond donors (Lipinski definition) is 3. The Bertz CT molecular complexity index is 931. The predicted molar refractivity (Wildman–Crippen MR) is 106 cm³/mol. The molecule has 26 heavy (non-hydrogen) atoms. The number of carboxylic acids is 1. The molecule has 1 aromatic heterocycles. The van der Waals surface area contributed by atoms with Gasteiger partial charge in [-0.15, -0.1) is 11.3 Å². The Morgan fingerprint density at radius 3 is 3.00 bits per heavy atom. The van der Waals surface area contributed by atoms with Crippen molar-refractivity contribution in [2.24, 2.45) is 4.99 Å². The molecule has 0 fully saturated rings. The first-order valence-electron chi connectivity index (χ1n) is 8.47. The first kappa shape index (κ1) is 16.7. The van der Waals surface area contributed by atoms with Gasteiger partial charge < -0.3 is 20.6 Å². The standard InChI is InChI=1S/C19H20N4O2S/c1-11-10-21-18-17(20-2)22-14-9-15(26-19(14)23(11)18)13-5-3-4-12(8-13)6-7-16(24)25/h3-5,8-10,18,21H,6-7H2,1-2H3,(H,20,22)(H,24,25). The second kappa shape index (κ2) is 6.49. The smallest absolute Gasteiger partial charge is 0.303 e. The summed E-state index contributed by atoms with van der Waals surface area (Å²) in [5, 5.41) is 16.8. The van der Waals surface area contributed by atoms with Gasteiger partial charge in [0.25, 0.3) is 0 Å². The molecule has 1 aromatic carbocycles. The van der Waals surface area contributed by atoms with Crippen LogP contribution in [0.3, 0.4) is 0 Å². The molecular formula is C19H20N4O2S. The third kappa shape index (κ3) is 2.84. The molecule has 0 saturated carbocycles.